The van der Waals surface area contributed by atoms with Crippen LogP contribution in [0.15, 0.2) is 66.7 Å². The van der Waals surface area contributed by atoms with Crippen LogP contribution in [0, 0.1) is 0 Å². The third-order valence-corrected chi connectivity index (χ3v) is 4.89. The van der Waals surface area contributed by atoms with Crippen LogP contribution in [-0.4, -0.2) is 33.3 Å². The molecular weight excluding hydrogens is 336 g/mol. The summed E-state index contributed by atoms with van der Waals surface area (Å²) in [6, 6.07) is 19.6. The molecule has 4 rings (SSSR count). The maximum Gasteiger partial charge on any atom is 0.153 e. The summed E-state index contributed by atoms with van der Waals surface area (Å²) in [7, 11) is 0. The number of hydrogen-bond donors (Lipinski definition) is 2. The second kappa shape index (κ2) is 7.60. The first-order valence-corrected chi connectivity index (χ1v) is 9.08. The molecule has 0 fully saturated rings. The lowest BCUT2D eigenvalue weighted by Crippen LogP contribution is -2.28. The fourth-order valence-electron chi connectivity index (χ4n) is 3.42. The molecule has 2 heterocycles. The predicted molar refractivity (Wildman–Crippen MR) is 108 cm³/mol. The third-order valence-electron chi connectivity index (χ3n) is 4.89. The molecular formula is C22H22N4O. The Morgan fingerprint density at radius 3 is 2.48 bits per heavy atom. The van der Waals surface area contributed by atoms with Crippen molar-refractivity contribution in [2.75, 3.05) is 18.8 Å². The van der Waals surface area contributed by atoms with Crippen molar-refractivity contribution in [2.24, 2.45) is 0 Å². The van der Waals surface area contributed by atoms with Crippen LogP contribution in [0.5, 0.6) is 5.75 Å². The normalized spacial score (nSPS) is 14.7. The van der Waals surface area contributed by atoms with Crippen LogP contribution in [0.1, 0.15) is 17.5 Å². The Morgan fingerprint density at radius 2 is 1.74 bits per heavy atom. The molecule has 3 N–H and O–H groups in total. The van der Waals surface area contributed by atoms with Gasteiger partial charge in [0.15, 0.2) is 5.82 Å². The summed E-state index contributed by atoms with van der Waals surface area (Å²) in [6.45, 7) is 2.78. The van der Waals surface area contributed by atoms with E-state index in [2.05, 4.69) is 45.4 Å². The number of aromatic hydroxyl groups is 1. The zero-order chi connectivity index (χ0) is 18.6. The lowest BCUT2D eigenvalue weighted by Gasteiger charge is -2.26. The Kier molecular flexibility index (Phi) is 4.85. The molecule has 5 nitrogen and oxygen atoms in total. The minimum absolute atomic E-state index is 0.189. The van der Waals surface area contributed by atoms with Crippen LogP contribution in [0.2, 0.25) is 0 Å². The molecule has 136 valence electrons. The van der Waals surface area contributed by atoms with Crippen LogP contribution in [0.25, 0.3) is 16.8 Å². The molecule has 3 aromatic rings. The minimum atomic E-state index is 0.189. The third kappa shape index (κ3) is 3.83. The molecule has 0 unspecified atom stereocenters. The molecule has 1 aliphatic heterocycles. The fourth-order valence-corrected chi connectivity index (χ4v) is 3.42. The SMILES string of the molecule is Nc1nnc(-c2ccccc2O)cc1C1=CCN(Cc2ccccc2)CC1. The van der Waals surface area contributed by atoms with E-state index < -0.39 is 0 Å². The Morgan fingerprint density at radius 1 is 0.963 bits per heavy atom. The number of aromatic nitrogens is 2. The van der Waals surface area contributed by atoms with Gasteiger partial charge in [-0.25, -0.2) is 0 Å². The molecule has 0 bridgehead atoms. The monoisotopic (exact) mass is 358 g/mol. The van der Waals surface area contributed by atoms with Gasteiger partial charge in [0.1, 0.15) is 5.75 Å². The van der Waals surface area contributed by atoms with E-state index in [-0.39, 0.29) is 5.75 Å². The van der Waals surface area contributed by atoms with E-state index in [4.69, 9.17) is 5.73 Å². The van der Waals surface area contributed by atoms with Crippen molar-refractivity contribution in [1.29, 1.82) is 0 Å². The summed E-state index contributed by atoms with van der Waals surface area (Å²) in [6.07, 6.45) is 3.12. The van der Waals surface area contributed by atoms with Gasteiger partial charge in [0, 0.05) is 30.8 Å². The summed E-state index contributed by atoms with van der Waals surface area (Å²) < 4.78 is 0. The van der Waals surface area contributed by atoms with E-state index >= 15 is 0 Å². The minimum Gasteiger partial charge on any atom is -0.507 e. The van der Waals surface area contributed by atoms with Crippen LogP contribution in [-0.2, 0) is 6.54 Å². The highest BCUT2D eigenvalue weighted by Gasteiger charge is 2.17. The molecule has 0 saturated heterocycles. The second-order valence-electron chi connectivity index (χ2n) is 6.75. The average Bonchev–Trinajstić information content (AvgIpc) is 2.70. The lowest BCUT2D eigenvalue weighted by molar-refractivity contribution is 0.294. The number of anilines is 1. The van der Waals surface area contributed by atoms with Crippen LogP contribution < -0.4 is 5.73 Å². The van der Waals surface area contributed by atoms with Crippen molar-refractivity contribution in [3.63, 3.8) is 0 Å². The average molecular weight is 358 g/mol. The maximum absolute atomic E-state index is 10.1. The van der Waals surface area contributed by atoms with Crippen molar-refractivity contribution in [1.82, 2.24) is 15.1 Å². The summed E-state index contributed by atoms with van der Waals surface area (Å²) in [4.78, 5) is 2.41. The Hall–Kier alpha value is -3.18. The molecule has 1 aromatic heterocycles. The van der Waals surface area contributed by atoms with Gasteiger partial charge in [-0.2, -0.15) is 0 Å². The van der Waals surface area contributed by atoms with Crippen molar-refractivity contribution >= 4 is 11.4 Å². The highest BCUT2D eigenvalue weighted by atomic mass is 16.3. The first kappa shape index (κ1) is 17.2. The molecule has 0 aliphatic carbocycles. The van der Waals surface area contributed by atoms with Gasteiger partial charge in [-0.3, -0.25) is 4.90 Å². The number of benzene rings is 2. The van der Waals surface area contributed by atoms with E-state index in [0.717, 1.165) is 31.6 Å². The molecule has 5 heteroatoms. The highest BCUT2D eigenvalue weighted by Crippen LogP contribution is 2.32. The lowest BCUT2D eigenvalue weighted by atomic mass is 9.98. The first-order chi connectivity index (χ1) is 13.2. The van der Waals surface area contributed by atoms with Crippen LogP contribution in [0.4, 0.5) is 5.82 Å². The summed E-state index contributed by atoms with van der Waals surface area (Å²) >= 11 is 0. The zero-order valence-corrected chi connectivity index (χ0v) is 15.0. The Balaban J connectivity index is 1.55. The predicted octanol–water partition coefficient (Wildman–Crippen LogP) is 3.72. The second-order valence-corrected chi connectivity index (χ2v) is 6.75. The molecule has 0 spiro atoms. The smallest absolute Gasteiger partial charge is 0.153 e. The van der Waals surface area contributed by atoms with E-state index in [0.29, 0.717) is 17.1 Å². The van der Waals surface area contributed by atoms with Gasteiger partial charge >= 0.3 is 0 Å². The molecule has 0 atom stereocenters. The Labute approximate surface area is 158 Å². The number of phenolic OH excluding ortho intramolecular Hbond substituents is 1. The van der Waals surface area contributed by atoms with E-state index in [1.165, 1.54) is 11.1 Å². The number of rotatable bonds is 4. The van der Waals surface area contributed by atoms with Gasteiger partial charge in [-0.05, 0) is 35.8 Å². The van der Waals surface area contributed by atoms with E-state index in [9.17, 15) is 5.11 Å². The topological polar surface area (TPSA) is 75.3 Å². The van der Waals surface area contributed by atoms with Crippen molar-refractivity contribution < 1.29 is 5.11 Å². The van der Waals surface area contributed by atoms with Crippen LogP contribution >= 0.6 is 0 Å². The van der Waals surface area contributed by atoms with Crippen molar-refractivity contribution in [2.45, 2.75) is 13.0 Å². The fraction of sp³-hybridized carbons (Fsp3) is 0.182. The highest BCUT2D eigenvalue weighted by molar-refractivity contribution is 5.78. The summed E-state index contributed by atoms with van der Waals surface area (Å²) in [5.41, 5.74) is 10.8. The molecule has 0 radical (unpaired) electrons. The summed E-state index contributed by atoms with van der Waals surface area (Å²) in [5, 5.41) is 18.4. The van der Waals surface area contributed by atoms with Gasteiger partial charge in [0.05, 0.1) is 5.69 Å². The van der Waals surface area contributed by atoms with Gasteiger partial charge in [-0.1, -0.05) is 48.5 Å². The number of nitrogens with two attached hydrogens (primary N) is 1. The molecule has 27 heavy (non-hydrogen) atoms. The molecule has 2 aromatic carbocycles. The van der Waals surface area contributed by atoms with Gasteiger partial charge in [-0.15, -0.1) is 10.2 Å². The quantitative estimate of drug-likeness (QED) is 0.743. The van der Waals surface area contributed by atoms with E-state index in [1.54, 1.807) is 12.1 Å². The van der Waals surface area contributed by atoms with Crippen LogP contribution in [0.3, 0.4) is 0 Å². The van der Waals surface area contributed by atoms with E-state index in [1.807, 2.05) is 24.3 Å². The largest absolute Gasteiger partial charge is 0.507 e. The van der Waals surface area contributed by atoms with Gasteiger partial charge in [0.25, 0.3) is 0 Å². The standard InChI is InChI=1S/C22H22N4O/c23-22-19(14-20(24-25-22)18-8-4-5-9-21(18)27)17-10-12-26(13-11-17)15-16-6-2-1-3-7-16/h1-10,14,27H,11-13,15H2,(H2,23,25). The zero-order valence-electron chi connectivity index (χ0n) is 15.0. The Bertz CT molecular complexity index is 969. The summed E-state index contributed by atoms with van der Waals surface area (Å²) in [5.74, 6) is 0.617. The maximum atomic E-state index is 10.1. The van der Waals surface area contributed by atoms with Gasteiger partial charge in [0.2, 0.25) is 0 Å². The number of nitrogen functional groups attached to an aromatic ring is 1. The molecule has 0 amide bonds. The van der Waals surface area contributed by atoms with Crippen molar-refractivity contribution in [3.05, 3.63) is 77.9 Å². The first-order valence-electron chi connectivity index (χ1n) is 9.08. The van der Waals surface area contributed by atoms with Crippen molar-refractivity contribution in [3.8, 4) is 17.0 Å². The van der Waals surface area contributed by atoms with Gasteiger partial charge < -0.3 is 10.8 Å². The number of para-hydroxylation sites is 1. The number of nitrogens with zero attached hydrogens (tertiary/aromatic N) is 3. The molecule has 0 saturated carbocycles. The number of phenols is 1. The molecule has 1 aliphatic rings. The number of hydrogen-bond acceptors (Lipinski definition) is 5.